The average molecular weight is 280 g/mol. The van der Waals surface area contributed by atoms with Crippen molar-refractivity contribution in [2.45, 2.75) is 17.7 Å². The Labute approximate surface area is 113 Å². The highest BCUT2D eigenvalue weighted by atomic mass is 32.2. The zero-order valence-electron chi connectivity index (χ0n) is 10.5. The fourth-order valence-electron chi connectivity index (χ4n) is 2.05. The fourth-order valence-corrected chi connectivity index (χ4v) is 3.32. The molecule has 1 fully saturated rings. The lowest BCUT2D eigenvalue weighted by Crippen LogP contribution is -2.32. The summed E-state index contributed by atoms with van der Waals surface area (Å²) >= 11 is 0. The highest BCUT2D eigenvalue weighted by Crippen LogP contribution is 2.17. The molecule has 5 nitrogen and oxygen atoms in total. The van der Waals surface area contributed by atoms with Gasteiger partial charge in [-0.15, -0.1) is 0 Å². The first-order chi connectivity index (χ1) is 9.13. The summed E-state index contributed by atoms with van der Waals surface area (Å²) in [6, 6.07) is 8.12. The van der Waals surface area contributed by atoms with Crippen LogP contribution in [0, 0.1) is 17.2 Å². The van der Waals surface area contributed by atoms with Crippen molar-refractivity contribution < 1.29 is 13.2 Å². The second-order valence-electron chi connectivity index (χ2n) is 4.52. The Hall–Kier alpha value is -1.42. The van der Waals surface area contributed by atoms with Crippen LogP contribution in [0.4, 0.5) is 0 Å². The summed E-state index contributed by atoms with van der Waals surface area (Å²) in [7, 11) is -3.62. The number of rotatable bonds is 4. The van der Waals surface area contributed by atoms with Crippen LogP contribution in [0.5, 0.6) is 0 Å². The maximum absolute atomic E-state index is 12.2. The summed E-state index contributed by atoms with van der Waals surface area (Å²) in [5, 5.41) is 8.94. The van der Waals surface area contributed by atoms with E-state index in [1.807, 2.05) is 6.07 Å². The van der Waals surface area contributed by atoms with Crippen molar-refractivity contribution in [3.63, 3.8) is 0 Å². The summed E-state index contributed by atoms with van der Waals surface area (Å²) in [5.74, 6) is 0.303. The molecule has 1 aliphatic heterocycles. The minimum atomic E-state index is -3.62. The third kappa shape index (κ3) is 3.53. The molecule has 0 unspecified atom stereocenters. The third-order valence-electron chi connectivity index (χ3n) is 3.20. The molecule has 0 aliphatic carbocycles. The van der Waals surface area contributed by atoms with Crippen LogP contribution in [0.3, 0.4) is 0 Å². The van der Waals surface area contributed by atoms with Gasteiger partial charge in [0.1, 0.15) is 6.07 Å². The van der Waals surface area contributed by atoms with Crippen molar-refractivity contribution in [2.75, 3.05) is 19.8 Å². The van der Waals surface area contributed by atoms with E-state index in [1.54, 1.807) is 12.1 Å². The molecule has 102 valence electrons. The predicted molar refractivity (Wildman–Crippen MR) is 69.9 cm³/mol. The minimum absolute atomic E-state index is 0.0459. The minimum Gasteiger partial charge on any atom is -0.381 e. The zero-order valence-corrected chi connectivity index (χ0v) is 11.3. The molecule has 1 aliphatic rings. The van der Waals surface area contributed by atoms with E-state index in [2.05, 4.69) is 4.72 Å². The molecule has 6 heteroatoms. The van der Waals surface area contributed by atoms with E-state index in [1.165, 1.54) is 12.1 Å². The number of sulfonamides is 1. The van der Waals surface area contributed by atoms with Gasteiger partial charge in [-0.05, 0) is 30.9 Å². The van der Waals surface area contributed by atoms with Gasteiger partial charge in [0.05, 0.1) is 10.5 Å². The van der Waals surface area contributed by atoms with Gasteiger partial charge in [0.25, 0.3) is 0 Å². The number of hydrogen-bond donors (Lipinski definition) is 1. The van der Waals surface area contributed by atoms with Crippen molar-refractivity contribution >= 4 is 10.0 Å². The molecular formula is C13H16N2O3S. The van der Waals surface area contributed by atoms with E-state index in [0.717, 1.165) is 12.8 Å². The van der Waals surface area contributed by atoms with Crippen LogP contribution in [0.2, 0.25) is 0 Å². The Morgan fingerprint density at radius 1 is 1.32 bits per heavy atom. The molecule has 19 heavy (non-hydrogen) atoms. The summed E-state index contributed by atoms with van der Waals surface area (Å²) in [5.41, 5.74) is 0.168. The molecular weight excluding hydrogens is 264 g/mol. The summed E-state index contributed by atoms with van der Waals surface area (Å²) in [6.45, 7) is 1.76. The molecule has 0 bridgehead atoms. The van der Waals surface area contributed by atoms with Crippen LogP contribution < -0.4 is 4.72 Å². The van der Waals surface area contributed by atoms with Gasteiger partial charge in [0.2, 0.25) is 10.0 Å². The van der Waals surface area contributed by atoms with Crippen LogP contribution in [0.15, 0.2) is 29.2 Å². The highest BCUT2D eigenvalue weighted by Gasteiger charge is 2.21. The lowest BCUT2D eigenvalue weighted by atomic mass is 10.0. The van der Waals surface area contributed by atoms with Gasteiger partial charge in [-0.3, -0.25) is 0 Å². The topological polar surface area (TPSA) is 79.2 Å². The molecule has 0 atom stereocenters. The van der Waals surface area contributed by atoms with Crippen LogP contribution in [0.1, 0.15) is 18.4 Å². The van der Waals surface area contributed by atoms with Gasteiger partial charge in [0.15, 0.2) is 0 Å². The Balaban J connectivity index is 2.07. The van der Waals surface area contributed by atoms with Crippen LogP contribution in [0.25, 0.3) is 0 Å². The smallest absolute Gasteiger partial charge is 0.241 e. The molecule has 2 rings (SSSR count). The van der Waals surface area contributed by atoms with Gasteiger partial charge in [0, 0.05) is 19.8 Å². The molecule has 0 aromatic heterocycles. The Kier molecular flexibility index (Phi) is 4.53. The first-order valence-corrected chi connectivity index (χ1v) is 7.68. The predicted octanol–water partition coefficient (Wildman–Crippen LogP) is 1.26. The number of benzene rings is 1. The first-order valence-electron chi connectivity index (χ1n) is 6.20. The molecule has 1 aromatic rings. The molecule has 0 amide bonds. The molecule has 0 radical (unpaired) electrons. The van der Waals surface area contributed by atoms with Crippen molar-refractivity contribution in [1.82, 2.24) is 4.72 Å². The Morgan fingerprint density at radius 3 is 2.68 bits per heavy atom. The summed E-state index contributed by atoms with van der Waals surface area (Å²) in [6.07, 6.45) is 1.73. The molecule has 0 saturated carbocycles. The normalized spacial score (nSPS) is 17.0. The van der Waals surface area contributed by atoms with Crippen molar-refractivity contribution in [2.24, 2.45) is 5.92 Å². The van der Waals surface area contributed by atoms with Crippen molar-refractivity contribution in [1.29, 1.82) is 5.26 Å². The zero-order chi connectivity index (χ0) is 13.7. The monoisotopic (exact) mass is 280 g/mol. The summed E-state index contributed by atoms with van der Waals surface area (Å²) < 4.78 is 32.1. The standard InChI is InChI=1S/C13H16N2O3S/c14-9-12-3-1-2-4-13(12)19(16,17)15-10-11-5-7-18-8-6-11/h1-4,11,15H,5-8,10H2. The number of nitrogens with one attached hydrogen (secondary N) is 1. The number of nitriles is 1. The number of hydrogen-bond acceptors (Lipinski definition) is 4. The van der Waals surface area contributed by atoms with E-state index in [0.29, 0.717) is 25.7 Å². The quantitative estimate of drug-likeness (QED) is 0.900. The van der Waals surface area contributed by atoms with E-state index >= 15 is 0 Å². The van der Waals surface area contributed by atoms with E-state index in [9.17, 15) is 8.42 Å². The van der Waals surface area contributed by atoms with Gasteiger partial charge < -0.3 is 4.74 Å². The molecule has 1 heterocycles. The lowest BCUT2D eigenvalue weighted by molar-refractivity contribution is 0.0678. The highest BCUT2D eigenvalue weighted by molar-refractivity contribution is 7.89. The van der Waals surface area contributed by atoms with Gasteiger partial charge in [-0.25, -0.2) is 13.1 Å². The largest absolute Gasteiger partial charge is 0.381 e. The van der Waals surface area contributed by atoms with Crippen LogP contribution >= 0.6 is 0 Å². The van der Waals surface area contributed by atoms with E-state index in [4.69, 9.17) is 10.00 Å². The molecule has 1 saturated heterocycles. The third-order valence-corrected chi connectivity index (χ3v) is 4.68. The average Bonchev–Trinajstić information content (AvgIpc) is 2.46. The molecule has 0 spiro atoms. The van der Waals surface area contributed by atoms with Gasteiger partial charge in [-0.1, -0.05) is 12.1 Å². The van der Waals surface area contributed by atoms with Crippen LogP contribution in [-0.2, 0) is 14.8 Å². The SMILES string of the molecule is N#Cc1ccccc1S(=O)(=O)NCC1CCOCC1. The lowest BCUT2D eigenvalue weighted by Gasteiger charge is -2.22. The Morgan fingerprint density at radius 2 is 2.00 bits per heavy atom. The summed E-state index contributed by atoms with van der Waals surface area (Å²) in [4.78, 5) is 0.0459. The van der Waals surface area contributed by atoms with Crippen molar-refractivity contribution in [3.8, 4) is 6.07 Å². The van der Waals surface area contributed by atoms with Crippen molar-refractivity contribution in [3.05, 3.63) is 29.8 Å². The number of ether oxygens (including phenoxy) is 1. The molecule has 1 N–H and O–H groups in total. The second-order valence-corrected chi connectivity index (χ2v) is 6.25. The molecule has 1 aromatic carbocycles. The van der Waals surface area contributed by atoms with Gasteiger partial charge in [-0.2, -0.15) is 5.26 Å². The van der Waals surface area contributed by atoms with E-state index in [-0.39, 0.29) is 10.5 Å². The first kappa shape index (κ1) is 14.0. The fraction of sp³-hybridized carbons (Fsp3) is 0.462. The van der Waals surface area contributed by atoms with Crippen LogP contribution in [-0.4, -0.2) is 28.2 Å². The second kappa shape index (κ2) is 6.15. The maximum Gasteiger partial charge on any atom is 0.241 e. The Bertz CT molecular complexity index is 572. The van der Waals surface area contributed by atoms with Gasteiger partial charge >= 0.3 is 0 Å². The number of nitrogens with zero attached hydrogens (tertiary/aromatic N) is 1. The van der Waals surface area contributed by atoms with E-state index < -0.39 is 10.0 Å². The maximum atomic E-state index is 12.2.